The predicted molar refractivity (Wildman–Crippen MR) is 55.1 cm³/mol. The summed E-state index contributed by atoms with van der Waals surface area (Å²) in [5.74, 6) is 0. The van der Waals surface area contributed by atoms with Crippen molar-refractivity contribution in [3.8, 4) is 0 Å². The number of hydrogen-bond donors (Lipinski definition) is 0. The van der Waals surface area contributed by atoms with Crippen molar-refractivity contribution >= 4 is 0 Å². The molecule has 0 heteroatoms. The fraction of sp³-hybridized carbons (Fsp3) is 0.500. The third kappa shape index (κ3) is 4.95. The molecule has 0 aromatic carbocycles. The van der Waals surface area contributed by atoms with E-state index < -0.39 is 0 Å². The van der Waals surface area contributed by atoms with Crippen LogP contribution in [0.3, 0.4) is 0 Å². The summed E-state index contributed by atoms with van der Waals surface area (Å²) in [7, 11) is 0. The van der Waals surface area contributed by atoms with Crippen molar-refractivity contribution in [3.05, 3.63) is 36.5 Å². The zero-order chi connectivity index (χ0) is 8.49. The Hall–Kier alpha value is -0.780. The van der Waals surface area contributed by atoms with Gasteiger partial charge < -0.3 is 0 Å². The largest absolute Gasteiger partial charge is 0.0885 e. The molecule has 0 nitrogen and oxygen atoms in total. The summed E-state index contributed by atoms with van der Waals surface area (Å²) in [6, 6.07) is 0. The van der Waals surface area contributed by atoms with Crippen molar-refractivity contribution in [1.82, 2.24) is 0 Å². The van der Waals surface area contributed by atoms with Crippen LogP contribution in [-0.4, -0.2) is 0 Å². The highest BCUT2D eigenvalue weighted by molar-refractivity contribution is 5.02. The first-order valence-electron chi connectivity index (χ1n) is 4.97. The van der Waals surface area contributed by atoms with Crippen LogP contribution >= 0.6 is 0 Å². The van der Waals surface area contributed by atoms with E-state index in [-0.39, 0.29) is 0 Å². The van der Waals surface area contributed by atoms with Crippen molar-refractivity contribution in [2.75, 3.05) is 0 Å². The van der Waals surface area contributed by atoms with Crippen LogP contribution in [0.4, 0.5) is 0 Å². The quantitative estimate of drug-likeness (QED) is 0.472. The van der Waals surface area contributed by atoms with Crippen molar-refractivity contribution in [2.24, 2.45) is 0 Å². The Labute approximate surface area is 75.7 Å². The molecule has 0 saturated heterocycles. The first-order valence-corrected chi connectivity index (χ1v) is 4.97. The van der Waals surface area contributed by atoms with Crippen LogP contribution < -0.4 is 0 Å². The zero-order valence-corrected chi connectivity index (χ0v) is 7.71. The van der Waals surface area contributed by atoms with E-state index in [0.717, 1.165) is 0 Å². The molecule has 0 radical (unpaired) electrons. The van der Waals surface area contributed by atoms with Gasteiger partial charge in [-0.2, -0.15) is 0 Å². The minimum Gasteiger partial charge on any atom is -0.0885 e. The summed E-state index contributed by atoms with van der Waals surface area (Å²) in [6.07, 6.45) is 21.0. The molecule has 0 aromatic rings. The second-order valence-electron chi connectivity index (χ2n) is 3.19. The molecule has 0 amide bonds. The Morgan fingerprint density at radius 3 is 1.42 bits per heavy atom. The van der Waals surface area contributed by atoms with Gasteiger partial charge in [-0.05, 0) is 38.5 Å². The second-order valence-corrected chi connectivity index (χ2v) is 3.19. The fourth-order valence-electron chi connectivity index (χ4n) is 1.29. The van der Waals surface area contributed by atoms with Gasteiger partial charge in [0.1, 0.15) is 0 Å². The van der Waals surface area contributed by atoms with E-state index in [1.807, 2.05) is 0 Å². The van der Waals surface area contributed by atoms with E-state index >= 15 is 0 Å². The fourth-order valence-corrected chi connectivity index (χ4v) is 1.29. The molecule has 0 unspecified atom stereocenters. The summed E-state index contributed by atoms with van der Waals surface area (Å²) < 4.78 is 0. The molecule has 0 fully saturated rings. The van der Waals surface area contributed by atoms with E-state index in [2.05, 4.69) is 36.5 Å². The molecule has 1 aliphatic rings. The Morgan fingerprint density at radius 2 is 0.917 bits per heavy atom. The van der Waals surface area contributed by atoms with Gasteiger partial charge in [0.2, 0.25) is 0 Å². The molecule has 0 aromatic heterocycles. The third-order valence-corrected chi connectivity index (χ3v) is 2.03. The second kappa shape index (κ2) is 6.90. The average Bonchev–Trinajstić information content (AvgIpc) is 2.05. The molecule has 66 valence electrons. The Balaban J connectivity index is 2.30. The topological polar surface area (TPSA) is 0 Å². The minimum absolute atomic E-state index is 1.22. The van der Waals surface area contributed by atoms with E-state index in [9.17, 15) is 0 Å². The van der Waals surface area contributed by atoms with Crippen LogP contribution in [-0.2, 0) is 0 Å². The highest BCUT2D eigenvalue weighted by Crippen LogP contribution is 2.03. The highest BCUT2D eigenvalue weighted by Gasteiger charge is 1.83. The van der Waals surface area contributed by atoms with E-state index in [1.165, 1.54) is 38.5 Å². The van der Waals surface area contributed by atoms with Gasteiger partial charge in [0, 0.05) is 0 Å². The number of allylic oxidation sites excluding steroid dienone is 6. The molecule has 12 heavy (non-hydrogen) atoms. The Kier molecular flexibility index (Phi) is 5.35. The lowest BCUT2D eigenvalue weighted by atomic mass is 10.1. The average molecular weight is 162 g/mol. The maximum atomic E-state index is 2.32. The number of rotatable bonds is 0. The van der Waals surface area contributed by atoms with Crippen molar-refractivity contribution in [1.29, 1.82) is 0 Å². The first kappa shape index (κ1) is 9.31. The van der Waals surface area contributed by atoms with Crippen molar-refractivity contribution in [3.63, 3.8) is 0 Å². The van der Waals surface area contributed by atoms with Crippen LogP contribution in [0.1, 0.15) is 38.5 Å². The SMILES string of the molecule is C1=CCCCC=CCCC/C=C/1. The van der Waals surface area contributed by atoms with Gasteiger partial charge in [-0.15, -0.1) is 0 Å². The molecule has 0 atom stereocenters. The van der Waals surface area contributed by atoms with Gasteiger partial charge in [-0.25, -0.2) is 0 Å². The summed E-state index contributed by atoms with van der Waals surface area (Å²) in [5, 5.41) is 0. The molecular weight excluding hydrogens is 144 g/mol. The minimum atomic E-state index is 1.22. The van der Waals surface area contributed by atoms with Crippen LogP contribution in [0.15, 0.2) is 36.5 Å². The maximum Gasteiger partial charge on any atom is -0.0345 e. The van der Waals surface area contributed by atoms with Gasteiger partial charge in [-0.3, -0.25) is 0 Å². The molecule has 0 bridgehead atoms. The normalized spacial score (nSPS) is 22.7. The van der Waals surface area contributed by atoms with Gasteiger partial charge >= 0.3 is 0 Å². The molecule has 0 spiro atoms. The van der Waals surface area contributed by atoms with Gasteiger partial charge in [-0.1, -0.05) is 36.5 Å². The molecule has 0 saturated carbocycles. The molecule has 0 heterocycles. The molecule has 0 aliphatic heterocycles. The van der Waals surface area contributed by atoms with Crippen molar-refractivity contribution in [2.45, 2.75) is 38.5 Å². The zero-order valence-electron chi connectivity index (χ0n) is 7.71. The molecule has 1 aliphatic carbocycles. The Bertz CT molecular complexity index is 152. The van der Waals surface area contributed by atoms with Crippen molar-refractivity contribution < 1.29 is 0 Å². The standard InChI is InChI=1S/C12H18/c1-2-4-6-8-10-12-11-9-7-5-3-1/h1-4,11-12H,5-10H2/b3-1+,4-2?,12-11?. The predicted octanol–water partition coefficient (Wildman–Crippen LogP) is 4.01. The Morgan fingerprint density at radius 1 is 0.500 bits per heavy atom. The smallest absolute Gasteiger partial charge is 0.0345 e. The summed E-state index contributed by atoms with van der Waals surface area (Å²) >= 11 is 0. The first-order chi connectivity index (χ1) is 6.00. The van der Waals surface area contributed by atoms with Gasteiger partial charge in [0.15, 0.2) is 0 Å². The summed E-state index contributed by atoms with van der Waals surface area (Å²) in [5.41, 5.74) is 0. The lowest BCUT2D eigenvalue weighted by Crippen LogP contribution is -1.73. The maximum absolute atomic E-state index is 2.32. The molecule has 0 N–H and O–H groups in total. The highest BCUT2D eigenvalue weighted by atomic mass is 13.9. The van der Waals surface area contributed by atoms with Gasteiger partial charge in [0.25, 0.3) is 0 Å². The lowest BCUT2D eigenvalue weighted by Gasteiger charge is -1.93. The number of hydrogen-bond acceptors (Lipinski definition) is 0. The van der Waals surface area contributed by atoms with E-state index in [1.54, 1.807) is 0 Å². The summed E-state index contributed by atoms with van der Waals surface area (Å²) in [6.45, 7) is 0. The molecular formula is C12H18. The van der Waals surface area contributed by atoms with Crippen LogP contribution in [0, 0.1) is 0 Å². The van der Waals surface area contributed by atoms with E-state index in [0.29, 0.717) is 0 Å². The van der Waals surface area contributed by atoms with Gasteiger partial charge in [0.05, 0.1) is 0 Å². The third-order valence-electron chi connectivity index (χ3n) is 2.03. The molecule has 1 rings (SSSR count). The van der Waals surface area contributed by atoms with Crippen LogP contribution in [0.2, 0.25) is 0 Å². The van der Waals surface area contributed by atoms with Crippen LogP contribution in [0.25, 0.3) is 0 Å². The monoisotopic (exact) mass is 162 g/mol. The lowest BCUT2D eigenvalue weighted by molar-refractivity contribution is 0.838. The summed E-state index contributed by atoms with van der Waals surface area (Å²) in [4.78, 5) is 0. The van der Waals surface area contributed by atoms with Crippen LogP contribution in [0.5, 0.6) is 0 Å². The van der Waals surface area contributed by atoms with E-state index in [4.69, 9.17) is 0 Å².